The molecule has 4 nitrogen and oxygen atoms in total. The van der Waals surface area contributed by atoms with E-state index in [1.165, 1.54) is 31.5 Å². The van der Waals surface area contributed by atoms with Crippen molar-refractivity contribution in [1.29, 1.82) is 0 Å². The average Bonchev–Trinajstić information content (AvgIpc) is 2.54. The fourth-order valence-electron chi connectivity index (χ4n) is 3.26. The van der Waals surface area contributed by atoms with Gasteiger partial charge in [0, 0.05) is 32.4 Å². The highest BCUT2D eigenvalue weighted by atomic mass is 16.5. The number of hydrogen-bond acceptors (Lipinski definition) is 2. The molecule has 0 aromatic heterocycles. The summed E-state index contributed by atoms with van der Waals surface area (Å²) in [6.07, 6.45) is 3.02. The zero-order valence-electron chi connectivity index (χ0n) is 15.7. The first kappa shape index (κ1) is 18.8. The van der Waals surface area contributed by atoms with Crippen molar-refractivity contribution in [3.8, 4) is 5.75 Å². The van der Waals surface area contributed by atoms with Gasteiger partial charge in [0.05, 0.1) is 20.2 Å². The van der Waals surface area contributed by atoms with Crippen molar-refractivity contribution >= 4 is 5.91 Å². The molecule has 1 heterocycles. The molecule has 0 bridgehead atoms. The molecular formula is C20H33N2O2+. The highest BCUT2D eigenvalue weighted by molar-refractivity contribution is 5.76. The third kappa shape index (κ3) is 6.16. The number of hydrogen-bond donors (Lipinski definition) is 1. The molecule has 0 atom stereocenters. The fraction of sp³-hybridized carbons (Fsp3) is 0.650. The van der Waals surface area contributed by atoms with Crippen LogP contribution in [0.3, 0.4) is 0 Å². The zero-order valence-corrected chi connectivity index (χ0v) is 15.7. The minimum atomic E-state index is 0.0234. The van der Waals surface area contributed by atoms with Crippen LogP contribution >= 0.6 is 0 Å². The Hall–Kier alpha value is -1.55. The van der Waals surface area contributed by atoms with Crippen LogP contribution in [0.1, 0.15) is 45.6 Å². The lowest BCUT2D eigenvalue weighted by atomic mass is 9.90. The van der Waals surface area contributed by atoms with Gasteiger partial charge in [-0.05, 0) is 29.0 Å². The Morgan fingerprint density at radius 2 is 1.83 bits per heavy atom. The molecule has 0 unspecified atom stereocenters. The Bertz CT molecular complexity index is 513. The number of methoxy groups -OCH3 is 1. The van der Waals surface area contributed by atoms with Crippen molar-refractivity contribution in [1.82, 2.24) is 4.90 Å². The van der Waals surface area contributed by atoms with E-state index >= 15 is 0 Å². The summed E-state index contributed by atoms with van der Waals surface area (Å²) in [7, 11) is 1.67. The Morgan fingerprint density at radius 1 is 1.21 bits per heavy atom. The van der Waals surface area contributed by atoms with Gasteiger partial charge in [-0.15, -0.1) is 0 Å². The highest BCUT2D eigenvalue weighted by Crippen LogP contribution is 2.23. The molecule has 0 spiro atoms. The second kappa shape index (κ2) is 8.52. The minimum absolute atomic E-state index is 0.0234. The first-order chi connectivity index (χ1) is 11.4. The Balaban J connectivity index is 2.06. The highest BCUT2D eigenvalue weighted by Gasteiger charge is 2.25. The molecule has 24 heavy (non-hydrogen) atoms. The summed E-state index contributed by atoms with van der Waals surface area (Å²) < 4.78 is 5.22. The molecule has 0 saturated carbocycles. The van der Waals surface area contributed by atoms with Gasteiger partial charge in [0.15, 0.2) is 0 Å². The van der Waals surface area contributed by atoms with Crippen LogP contribution in [0.5, 0.6) is 5.75 Å². The van der Waals surface area contributed by atoms with E-state index in [0.29, 0.717) is 18.9 Å². The Kier molecular flexibility index (Phi) is 6.67. The standard InChI is InChI=1S/C20H32N2O2/c1-20(2,3)13-19(23)22(15-17-9-11-21-12-10-17)14-16-5-7-18(24-4)8-6-16/h5-8,17,21H,9-15H2,1-4H3/p+1. The number of carbonyl (C=O) groups excluding carboxylic acids is 1. The summed E-state index contributed by atoms with van der Waals surface area (Å²) in [5.74, 6) is 1.76. The van der Waals surface area contributed by atoms with Crippen molar-refractivity contribution in [2.24, 2.45) is 11.3 Å². The minimum Gasteiger partial charge on any atom is -0.497 e. The van der Waals surface area contributed by atoms with E-state index in [2.05, 4.69) is 43.1 Å². The summed E-state index contributed by atoms with van der Waals surface area (Å²) >= 11 is 0. The summed E-state index contributed by atoms with van der Waals surface area (Å²) in [6.45, 7) is 10.3. The number of rotatable bonds is 6. The maximum atomic E-state index is 12.9. The van der Waals surface area contributed by atoms with Gasteiger partial charge in [-0.2, -0.15) is 0 Å². The number of carbonyl (C=O) groups is 1. The molecule has 134 valence electrons. The van der Waals surface area contributed by atoms with Crippen molar-refractivity contribution in [3.63, 3.8) is 0 Å². The first-order valence-electron chi connectivity index (χ1n) is 9.10. The van der Waals surface area contributed by atoms with Crippen LogP contribution in [0.25, 0.3) is 0 Å². The molecule has 1 saturated heterocycles. The second-order valence-electron chi connectivity index (χ2n) is 8.17. The van der Waals surface area contributed by atoms with Gasteiger partial charge >= 0.3 is 0 Å². The molecule has 2 N–H and O–H groups in total. The Labute approximate surface area is 146 Å². The van der Waals surface area contributed by atoms with Gasteiger partial charge in [0.1, 0.15) is 5.75 Å². The zero-order chi connectivity index (χ0) is 17.6. The average molecular weight is 333 g/mol. The van der Waals surface area contributed by atoms with Crippen molar-refractivity contribution in [2.75, 3.05) is 26.7 Å². The van der Waals surface area contributed by atoms with Gasteiger partial charge < -0.3 is 15.0 Å². The largest absolute Gasteiger partial charge is 0.497 e. The molecule has 1 fully saturated rings. The molecular weight excluding hydrogens is 300 g/mol. The normalized spacial score (nSPS) is 16.0. The van der Waals surface area contributed by atoms with Crippen LogP contribution in [0, 0.1) is 11.3 Å². The quantitative estimate of drug-likeness (QED) is 0.869. The number of piperidine rings is 1. The van der Waals surface area contributed by atoms with Crippen LogP contribution in [-0.4, -0.2) is 37.6 Å². The predicted molar refractivity (Wildman–Crippen MR) is 96.9 cm³/mol. The molecule has 0 aliphatic carbocycles. The van der Waals surface area contributed by atoms with E-state index in [1.54, 1.807) is 7.11 Å². The molecule has 1 aliphatic rings. The number of benzene rings is 1. The van der Waals surface area contributed by atoms with Gasteiger partial charge in [-0.1, -0.05) is 32.9 Å². The van der Waals surface area contributed by atoms with E-state index < -0.39 is 0 Å². The molecule has 0 radical (unpaired) electrons. The van der Waals surface area contributed by atoms with Gasteiger partial charge in [-0.3, -0.25) is 4.79 Å². The SMILES string of the molecule is COc1ccc(CN(CC2CC[NH2+]CC2)C(=O)CC(C)(C)C)cc1. The van der Waals surface area contributed by atoms with Crippen LogP contribution in [0.15, 0.2) is 24.3 Å². The number of quaternary nitrogens is 1. The van der Waals surface area contributed by atoms with Gasteiger partial charge in [0.2, 0.25) is 5.91 Å². The fourth-order valence-corrected chi connectivity index (χ4v) is 3.26. The summed E-state index contributed by atoms with van der Waals surface area (Å²) in [5, 5.41) is 2.38. The van der Waals surface area contributed by atoms with Gasteiger partial charge in [0.25, 0.3) is 0 Å². The summed E-state index contributed by atoms with van der Waals surface area (Å²) in [6, 6.07) is 8.06. The number of amides is 1. The van der Waals surface area contributed by atoms with Gasteiger partial charge in [-0.25, -0.2) is 0 Å². The molecule has 2 rings (SSSR count). The van der Waals surface area contributed by atoms with Crippen LogP contribution in [0.2, 0.25) is 0 Å². The molecule has 1 aromatic rings. The number of ether oxygens (including phenoxy) is 1. The topological polar surface area (TPSA) is 46.1 Å². The maximum absolute atomic E-state index is 12.9. The van der Waals surface area contributed by atoms with Crippen molar-refractivity contribution in [2.45, 2.75) is 46.6 Å². The van der Waals surface area contributed by atoms with E-state index in [1.807, 2.05) is 12.1 Å². The van der Waals surface area contributed by atoms with E-state index in [-0.39, 0.29) is 11.3 Å². The lowest BCUT2D eigenvalue weighted by molar-refractivity contribution is -0.664. The molecule has 1 aromatic carbocycles. The lowest BCUT2D eigenvalue weighted by Gasteiger charge is -2.31. The summed E-state index contributed by atoms with van der Waals surface area (Å²) in [5.41, 5.74) is 1.19. The lowest BCUT2D eigenvalue weighted by Crippen LogP contribution is -2.86. The third-order valence-corrected chi connectivity index (χ3v) is 4.60. The van der Waals surface area contributed by atoms with E-state index in [0.717, 1.165) is 12.3 Å². The predicted octanol–water partition coefficient (Wildman–Crippen LogP) is 2.43. The third-order valence-electron chi connectivity index (χ3n) is 4.60. The first-order valence-corrected chi connectivity index (χ1v) is 9.10. The van der Waals surface area contributed by atoms with Crippen LogP contribution in [0.4, 0.5) is 0 Å². The van der Waals surface area contributed by atoms with E-state index in [9.17, 15) is 4.79 Å². The van der Waals surface area contributed by atoms with Crippen molar-refractivity contribution < 1.29 is 14.8 Å². The monoisotopic (exact) mass is 333 g/mol. The molecule has 4 heteroatoms. The van der Waals surface area contributed by atoms with Crippen molar-refractivity contribution in [3.05, 3.63) is 29.8 Å². The number of nitrogens with two attached hydrogens (primary N) is 1. The molecule has 1 amide bonds. The summed E-state index contributed by atoms with van der Waals surface area (Å²) in [4.78, 5) is 14.9. The number of nitrogens with zero attached hydrogens (tertiary/aromatic N) is 1. The van der Waals surface area contributed by atoms with Crippen LogP contribution in [-0.2, 0) is 11.3 Å². The maximum Gasteiger partial charge on any atom is 0.223 e. The molecule has 1 aliphatic heterocycles. The van der Waals surface area contributed by atoms with E-state index in [4.69, 9.17) is 4.74 Å². The Morgan fingerprint density at radius 3 is 2.38 bits per heavy atom. The smallest absolute Gasteiger partial charge is 0.223 e. The van der Waals surface area contributed by atoms with Crippen LogP contribution < -0.4 is 10.1 Å². The second-order valence-corrected chi connectivity index (χ2v) is 8.17.